The van der Waals surface area contributed by atoms with Crippen LogP contribution in [0.4, 0.5) is 22.9 Å². The van der Waals surface area contributed by atoms with Crippen LogP contribution in [0.5, 0.6) is 0 Å². The number of fused-ring (bicyclic) bond motifs is 2. The summed E-state index contributed by atoms with van der Waals surface area (Å²) in [5.41, 5.74) is 3.88. The van der Waals surface area contributed by atoms with Gasteiger partial charge in [0.05, 0.1) is 17.1 Å². The molecule has 0 bridgehead atoms. The van der Waals surface area contributed by atoms with E-state index in [1.807, 2.05) is 54.4 Å². The number of aldehydes is 1. The maximum atomic E-state index is 13.8. The summed E-state index contributed by atoms with van der Waals surface area (Å²) in [6, 6.07) is 22.0. The van der Waals surface area contributed by atoms with E-state index in [1.165, 1.54) is 0 Å². The Balaban J connectivity index is 1.73. The number of amides is 1. The van der Waals surface area contributed by atoms with Crippen LogP contribution >= 0.6 is 11.6 Å². The summed E-state index contributed by atoms with van der Waals surface area (Å²) in [5, 5.41) is 5.22. The number of hydrogen-bond donors (Lipinski definition) is 0. The standard InChI is InChI=1S/C24H17ClN4O2/c1-27-21-11-10-17(25)13-22(21)29(18-7-3-2-4-8-18)24(31)20-14-28(26-23(20)27)19-9-5-6-16(12-19)15-30/h2-15H,1H3. The highest BCUT2D eigenvalue weighted by atomic mass is 35.5. The number of rotatable bonds is 3. The first-order valence-electron chi connectivity index (χ1n) is 9.65. The van der Waals surface area contributed by atoms with Gasteiger partial charge in [0.15, 0.2) is 5.82 Å². The molecule has 0 spiro atoms. The van der Waals surface area contributed by atoms with E-state index in [2.05, 4.69) is 5.10 Å². The van der Waals surface area contributed by atoms with E-state index in [1.54, 1.807) is 46.1 Å². The highest BCUT2D eigenvalue weighted by Crippen LogP contribution is 2.43. The van der Waals surface area contributed by atoms with Gasteiger partial charge in [-0.3, -0.25) is 14.5 Å². The van der Waals surface area contributed by atoms with E-state index < -0.39 is 0 Å². The van der Waals surface area contributed by atoms with Crippen molar-refractivity contribution in [1.29, 1.82) is 0 Å². The smallest absolute Gasteiger partial charge is 0.268 e. The van der Waals surface area contributed by atoms with Gasteiger partial charge in [-0.15, -0.1) is 5.10 Å². The zero-order valence-electron chi connectivity index (χ0n) is 16.6. The van der Waals surface area contributed by atoms with Gasteiger partial charge in [0.25, 0.3) is 5.91 Å². The van der Waals surface area contributed by atoms with Crippen molar-refractivity contribution in [3.05, 3.63) is 95.1 Å². The number of aromatic nitrogens is 2. The maximum Gasteiger partial charge on any atom is 0.268 e. The number of carbonyl (C=O) groups excluding carboxylic acids is 2. The van der Waals surface area contributed by atoms with Crippen LogP contribution in [0, 0.1) is 0 Å². The van der Waals surface area contributed by atoms with E-state index >= 15 is 0 Å². The van der Waals surface area contributed by atoms with Gasteiger partial charge in [-0.05, 0) is 42.5 Å². The monoisotopic (exact) mass is 428 g/mol. The fraction of sp³-hybridized carbons (Fsp3) is 0.0417. The Morgan fingerprint density at radius 1 is 0.903 bits per heavy atom. The zero-order chi connectivity index (χ0) is 21.5. The minimum Gasteiger partial charge on any atom is -0.326 e. The molecule has 6 nitrogen and oxygen atoms in total. The second kappa shape index (κ2) is 7.41. The predicted octanol–water partition coefficient (Wildman–Crippen LogP) is 5.40. The molecule has 0 radical (unpaired) electrons. The number of hydrogen-bond acceptors (Lipinski definition) is 4. The third-order valence-electron chi connectivity index (χ3n) is 5.27. The van der Waals surface area contributed by atoms with Gasteiger partial charge in [-0.1, -0.05) is 41.9 Å². The lowest BCUT2D eigenvalue weighted by Crippen LogP contribution is -2.25. The molecule has 0 unspecified atom stereocenters. The van der Waals surface area contributed by atoms with Gasteiger partial charge in [-0.25, -0.2) is 4.68 Å². The molecular formula is C24H17ClN4O2. The Morgan fingerprint density at radius 3 is 2.45 bits per heavy atom. The molecule has 7 heteroatoms. The summed E-state index contributed by atoms with van der Waals surface area (Å²) >= 11 is 6.29. The van der Waals surface area contributed by atoms with Crippen molar-refractivity contribution in [2.45, 2.75) is 0 Å². The van der Waals surface area contributed by atoms with E-state index in [-0.39, 0.29) is 5.91 Å². The first kappa shape index (κ1) is 19.1. The van der Waals surface area contributed by atoms with Crippen LogP contribution in [0.25, 0.3) is 5.69 Å². The Labute approximate surface area is 183 Å². The van der Waals surface area contributed by atoms with E-state index in [9.17, 15) is 9.59 Å². The van der Waals surface area contributed by atoms with Crippen molar-refractivity contribution in [2.24, 2.45) is 0 Å². The number of nitrogens with zero attached hydrogens (tertiary/aromatic N) is 4. The molecule has 0 atom stereocenters. The van der Waals surface area contributed by atoms with Crippen LogP contribution in [0.1, 0.15) is 20.7 Å². The number of anilines is 4. The quantitative estimate of drug-likeness (QED) is 0.410. The molecule has 5 rings (SSSR count). The van der Waals surface area contributed by atoms with Crippen molar-refractivity contribution < 1.29 is 9.59 Å². The fourth-order valence-electron chi connectivity index (χ4n) is 3.77. The molecule has 0 N–H and O–H groups in total. The Morgan fingerprint density at radius 2 is 1.68 bits per heavy atom. The van der Waals surface area contributed by atoms with E-state index in [0.29, 0.717) is 33.3 Å². The maximum absolute atomic E-state index is 13.8. The normalized spacial score (nSPS) is 12.9. The van der Waals surface area contributed by atoms with Crippen LogP contribution < -0.4 is 9.80 Å². The Bertz CT molecular complexity index is 1320. The number of benzene rings is 3. The van der Waals surface area contributed by atoms with Crippen LogP contribution in [-0.4, -0.2) is 29.0 Å². The Hall–Kier alpha value is -3.90. The van der Waals surface area contributed by atoms with Crippen LogP contribution in [0.15, 0.2) is 79.0 Å². The first-order valence-corrected chi connectivity index (χ1v) is 10.0. The molecule has 0 aliphatic carbocycles. The lowest BCUT2D eigenvalue weighted by atomic mass is 10.2. The lowest BCUT2D eigenvalue weighted by Gasteiger charge is -2.25. The van der Waals surface area contributed by atoms with Crippen LogP contribution in [-0.2, 0) is 0 Å². The topological polar surface area (TPSA) is 58.4 Å². The highest BCUT2D eigenvalue weighted by molar-refractivity contribution is 6.31. The zero-order valence-corrected chi connectivity index (χ0v) is 17.3. The molecule has 4 aromatic rings. The van der Waals surface area contributed by atoms with Gasteiger partial charge >= 0.3 is 0 Å². The van der Waals surface area contributed by atoms with Gasteiger partial charge in [0, 0.05) is 29.5 Å². The SMILES string of the molecule is CN1c2ccc(Cl)cc2N(c2ccccc2)C(=O)c2cn(-c3cccc(C=O)c3)nc21. The molecule has 1 amide bonds. The molecule has 152 valence electrons. The van der Waals surface area contributed by atoms with Gasteiger partial charge in [0.2, 0.25) is 0 Å². The highest BCUT2D eigenvalue weighted by Gasteiger charge is 2.33. The van der Waals surface area contributed by atoms with Crippen molar-refractivity contribution in [1.82, 2.24) is 9.78 Å². The number of carbonyl (C=O) groups is 2. The third kappa shape index (κ3) is 3.17. The van der Waals surface area contributed by atoms with Crippen molar-refractivity contribution in [2.75, 3.05) is 16.8 Å². The molecule has 0 saturated carbocycles. The van der Waals surface area contributed by atoms with Crippen molar-refractivity contribution in [3.8, 4) is 5.69 Å². The predicted molar refractivity (Wildman–Crippen MR) is 121 cm³/mol. The second-order valence-electron chi connectivity index (χ2n) is 7.19. The summed E-state index contributed by atoms with van der Waals surface area (Å²) in [6.07, 6.45) is 2.48. The van der Waals surface area contributed by atoms with Gasteiger partial charge in [-0.2, -0.15) is 0 Å². The fourth-order valence-corrected chi connectivity index (χ4v) is 3.94. The average molecular weight is 429 g/mol. The largest absolute Gasteiger partial charge is 0.326 e. The van der Waals surface area contributed by atoms with E-state index in [0.717, 1.165) is 17.7 Å². The molecule has 2 heterocycles. The van der Waals surface area contributed by atoms with E-state index in [4.69, 9.17) is 11.6 Å². The summed E-state index contributed by atoms with van der Waals surface area (Å²) < 4.78 is 1.62. The molecule has 3 aromatic carbocycles. The molecule has 0 saturated heterocycles. The number of halogens is 1. The second-order valence-corrected chi connectivity index (χ2v) is 7.63. The minimum atomic E-state index is -0.216. The number of para-hydroxylation sites is 1. The van der Waals surface area contributed by atoms with Gasteiger partial charge in [0.1, 0.15) is 11.8 Å². The molecule has 1 aliphatic rings. The third-order valence-corrected chi connectivity index (χ3v) is 5.51. The summed E-state index contributed by atoms with van der Waals surface area (Å²) in [7, 11) is 1.87. The summed E-state index contributed by atoms with van der Waals surface area (Å²) in [4.78, 5) is 28.5. The van der Waals surface area contributed by atoms with Crippen LogP contribution in [0.2, 0.25) is 5.02 Å². The molecular weight excluding hydrogens is 412 g/mol. The molecule has 31 heavy (non-hydrogen) atoms. The summed E-state index contributed by atoms with van der Waals surface area (Å²) in [6.45, 7) is 0. The molecule has 1 aromatic heterocycles. The lowest BCUT2D eigenvalue weighted by molar-refractivity contribution is 0.1000. The average Bonchev–Trinajstić information content (AvgIpc) is 3.22. The summed E-state index contributed by atoms with van der Waals surface area (Å²) in [5.74, 6) is 0.301. The van der Waals surface area contributed by atoms with Gasteiger partial charge < -0.3 is 4.90 Å². The van der Waals surface area contributed by atoms with Crippen molar-refractivity contribution >= 4 is 46.7 Å². The van der Waals surface area contributed by atoms with Crippen molar-refractivity contribution in [3.63, 3.8) is 0 Å². The Kier molecular flexibility index (Phi) is 4.56. The molecule has 0 fully saturated rings. The molecule has 1 aliphatic heterocycles. The minimum absolute atomic E-state index is 0.216. The first-order chi connectivity index (χ1) is 15.1. The van der Waals surface area contributed by atoms with Crippen LogP contribution in [0.3, 0.4) is 0 Å².